The fourth-order valence-corrected chi connectivity index (χ4v) is 2.48. The smallest absolute Gasteiger partial charge is 0.0638 e. The van der Waals surface area contributed by atoms with Crippen molar-refractivity contribution >= 4 is 0 Å². The lowest BCUT2D eigenvalue weighted by atomic mass is 9.93. The molecule has 1 aliphatic rings. The number of hydrogen-bond acceptors (Lipinski definition) is 3. The van der Waals surface area contributed by atoms with E-state index in [0.29, 0.717) is 25.0 Å². The number of hydrogen-bond donors (Lipinski definition) is 1. The summed E-state index contributed by atoms with van der Waals surface area (Å²) in [7, 11) is 0. The van der Waals surface area contributed by atoms with Gasteiger partial charge in [0.25, 0.3) is 0 Å². The highest BCUT2D eigenvalue weighted by atomic mass is 16.3. The van der Waals surface area contributed by atoms with E-state index in [0.717, 1.165) is 25.9 Å². The highest BCUT2D eigenvalue weighted by molar-refractivity contribution is 4.85. The van der Waals surface area contributed by atoms with Gasteiger partial charge in [-0.25, -0.2) is 0 Å². The van der Waals surface area contributed by atoms with Crippen LogP contribution in [0.3, 0.4) is 0 Å². The predicted molar refractivity (Wildman–Crippen MR) is 60.3 cm³/mol. The molecule has 1 aliphatic heterocycles. The van der Waals surface area contributed by atoms with Crippen molar-refractivity contribution < 1.29 is 5.11 Å². The van der Waals surface area contributed by atoms with Gasteiger partial charge in [0.05, 0.1) is 12.5 Å². The predicted octanol–water partition coefficient (Wildman–Crippen LogP) is 1.77. The number of likely N-dealkylation sites (tertiary alicyclic amines) is 1. The van der Waals surface area contributed by atoms with Crippen LogP contribution in [0.4, 0.5) is 0 Å². The molecule has 3 heteroatoms. The van der Waals surface area contributed by atoms with Gasteiger partial charge >= 0.3 is 0 Å². The van der Waals surface area contributed by atoms with Crippen LogP contribution >= 0.6 is 0 Å². The van der Waals surface area contributed by atoms with Crippen molar-refractivity contribution in [3.63, 3.8) is 0 Å². The molecule has 1 heterocycles. The largest absolute Gasteiger partial charge is 0.396 e. The van der Waals surface area contributed by atoms with Crippen LogP contribution in [0, 0.1) is 17.2 Å². The number of nitriles is 1. The lowest BCUT2D eigenvalue weighted by Crippen LogP contribution is -2.42. The summed E-state index contributed by atoms with van der Waals surface area (Å²) >= 11 is 0. The van der Waals surface area contributed by atoms with Crippen LogP contribution in [-0.4, -0.2) is 35.7 Å². The van der Waals surface area contributed by atoms with E-state index in [1.54, 1.807) is 0 Å². The Morgan fingerprint density at radius 2 is 2.40 bits per heavy atom. The maximum atomic E-state index is 8.93. The van der Waals surface area contributed by atoms with E-state index in [9.17, 15) is 0 Å². The molecule has 1 N–H and O–H groups in total. The van der Waals surface area contributed by atoms with E-state index >= 15 is 0 Å². The van der Waals surface area contributed by atoms with Crippen molar-refractivity contribution in [2.75, 3.05) is 19.7 Å². The quantitative estimate of drug-likeness (QED) is 0.752. The van der Waals surface area contributed by atoms with Gasteiger partial charge in [-0.1, -0.05) is 6.92 Å². The molecule has 3 nitrogen and oxygen atoms in total. The Morgan fingerprint density at radius 3 is 3.00 bits per heavy atom. The summed E-state index contributed by atoms with van der Waals surface area (Å²) in [6, 6.07) is 2.70. The van der Waals surface area contributed by atoms with Crippen LogP contribution < -0.4 is 0 Å². The van der Waals surface area contributed by atoms with Crippen molar-refractivity contribution in [2.24, 2.45) is 5.92 Å². The third-order valence-corrected chi connectivity index (χ3v) is 3.40. The topological polar surface area (TPSA) is 47.3 Å². The minimum absolute atomic E-state index is 0.299. The summed E-state index contributed by atoms with van der Waals surface area (Å²) in [5.74, 6) is 0.636. The maximum absolute atomic E-state index is 8.93. The van der Waals surface area contributed by atoms with Crippen molar-refractivity contribution in [3.8, 4) is 6.07 Å². The second-order valence-electron chi connectivity index (χ2n) is 4.44. The molecule has 2 unspecified atom stereocenters. The van der Waals surface area contributed by atoms with E-state index in [4.69, 9.17) is 10.4 Å². The minimum atomic E-state index is 0.299. The van der Waals surface area contributed by atoms with Crippen LogP contribution in [0.25, 0.3) is 0 Å². The van der Waals surface area contributed by atoms with Crippen LogP contribution in [0.5, 0.6) is 0 Å². The van der Waals surface area contributed by atoms with Gasteiger partial charge in [0, 0.05) is 19.2 Å². The summed E-state index contributed by atoms with van der Waals surface area (Å²) in [6.07, 6.45) is 5.06. The fourth-order valence-electron chi connectivity index (χ4n) is 2.48. The molecule has 0 amide bonds. The van der Waals surface area contributed by atoms with E-state index in [2.05, 4.69) is 17.9 Å². The number of rotatable bonds is 5. The lowest BCUT2D eigenvalue weighted by molar-refractivity contribution is 0.106. The Hall–Kier alpha value is -0.590. The number of nitrogens with zero attached hydrogens (tertiary/aromatic N) is 2. The van der Waals surface area contributed by atoms with E-state index in [-0.39, 0.29) is 0 Å². The molecule has 0 aromatic heterocycles. The van der Waals surface area contributed by atoms with Gasteiger partial charge in [0.2, 0.25) is 0 Å². The molecular formula is C12H22N2O. The minimum Gasteiger partial charge on any atom is -0.396 e. The molecule has 0 aromatic rings. The van der Waals surface area contributed by atoms with E-state index in [1.807, 2.05) is 0 Å². The maximum Gasteiger partial charge on any atom is 0.0638 e. The van der Waals surface area contributed by atoms with E-state index in [1.165, 1.54) is 12.8 Å². The molecule has 86 valence electrons. The molecular weight excluding hydrogens is 188 g/mol. The Morgan fingerprint density at radius 1 is 1.60 bits per heavy atom. The van der Waals surface area contributed by atoms with Crippen LogP contribution in [0.2, 0.25) is 0 Å². The van der Waals surface area contributed by atoms with E-state index < -0.39 is 0 Å². The van der Waals surface area contributed by atoms with Crippen LogP contribution in [0.1, 0.15) is 39.0 Å². The molecule has 1 rings (SSSR count). The molecule has 0 radical (unpaired) electrons. The summed E-state index contributed by atoms with van der Waals surface area (Å²) in [6.45, 7) is 4.65. The standard InChI is InChI=1S/C12H22N2O/c1-2-12(5-7-13)14-8-3-4-11(10-14)6-9-15/h11-12,15H,2-6,8-10H2,1H3. The van der Waals surface area contributed by atoms with Crippen molar-refractivity contribution in [1.29, 1.82) is 5.26 Å². The zero-order chi connectivity index (χ0) is 11.1. The second-order valence-corrected chi connectivity index (χ2v) is 4.44. The first-order valence-electron chi connectivity index (χ1n) is 6.03. The molecule has 0 bridgehead atoms. The zero-order valence-electron chi connectivity index (χ0n) is 9.65. The van der Waals surface area contributed by atoms with Gasteiger partial charge in [0.1, 0.15) is 0 Å². The van der Waals surface area contributed by atoms with Gasteiger partial charge in [-0.3, -0.25) is 4.90 Å². The molecule has 0 spiro atoms. The first-order chi connectivity index (χ1) is 7.31. The molecule has 15 heavy (non-hydrogen) atoms. The molecule has 0 aromatic carbocycles. The van der Waals surface area contributed by atoms with Gasteiger partial charge in [-0.05, 0) is 38.1 Å². The Balaban J connectivity index is 2.43. The third kappa shape index (κ3) is 3.81. The summed E-state index contributed by atoms with van der Waals surface area (Å²) in [4.78, 5) is 2.44. The lowest BCUT2D eigenvalue weighted by Gasteiger charge is -2.37. The summed E-state index contributed by atoms with van der Waals surface area (Å²) < 4.78 is 0. The van der Waals surface area contributed by atoms with Crippen molar-refractivity contribution in [2.45, 2.75) is 45.1 Å². The first-order valence-corrected chi connectivity index (χ1v) is 6.03. The number of piperidine rings is 1. The molecule has 0 saturated carbocycles. The van der Waals surface area contributed by atoms with Crippen LogP contribution in [-0.2, 0) is 0 Å². The Kier molecular flexibility index (Phi) is 5.67. The Labute approximate surface area is 92.7 Å². The molecule has 1 saturated heterocycles. The summed E-state index contributed by atoms with van der Waals surface area (Å²) in [5.41, 5.74) is 0. The highest BCUT2D eigenvalue weighted by Crippen LogP contribution is 2.22. The average Bonchev–Trinajstić information content (AvgIpc) is 2.27. The average molecular weight is 210 g/mol. The van der Waals surface area contributed by atoms with Crippen molar-refractivity contribution in [3.05, 3.63) is 0 Å². The van der Waals surface area contributed by atoms with Gasteiger partial charge < -0.3 is 5.11 Å². The van der Waals surface area contributed by atoms with Crippen molar-refractivity contribution in [1.82, 2.24) is 4.90 Å². The zero-order valence-corrected chi connectivity index (χ0v) is 9.65. The monoisotopic (exact) mass is 210 g/mol. The normalized spacial score (nSPS) is 24.7. The number of aliphatic hydroxyl groups is 1. The second kappa shape index (κ2) is 6.81. The summed E-state index contributed by atoms with van der Waals surface area (Å²) in [5, 5.41) is 17.7. The first kappa shape index (κ1) is 12.5. The SMILES string of the molecule is CCC(CC#N)N1CCCC(CCO)C1. The molecule has 1 fully saturated rings. The fraction of sp³-hybridized carbons (Fsp3) is 0.917. The number of aliphatic hydroxyl groups excluding tert-OH is 1. The van der Waals surface area contributed by atoms with Gasteiger partial charge in [-0.2, -0.15) is 5.26 Å². The molecule has 2 atom stereocenters. The third-order valence-electron chi connectivity index (χ3n) is 3.40. The van der Waals surface area contributed by atoms with Crippen LogP contribution in [0.15, 0.2) is 0 Å². The molecule has 0 aliphatic carbocycles. The highest BCUT2D eigenvalue weighted by Gasteiger charge is 2.24. The van der Waals surface area contributed by atoms with Gasteiger partial charge in [-0.15, -0.1) is 0 Å². The Bertz CT molecular complexity index is 210. The van der Waals surface area contributed by atoms with Gasteiger partial charge in [0.15, 0.2) is 0 Å².